The quantitative estimate of drug-likeness (QED) is 0.682. The minimum atomic E-state index is -0.392. The molecule has 0 bridgehead atoms. The van der Waals surface area contributed by atoms with Crippen LogP contribution in [0, 0.1) is 0 Å². The lowest BCUT2D eigenvalue weighted by atomic mass is 9.79. The fraction of sp³-hybridized carbons (Fsp3) is 0.400. The maximum atomic E-state index is 12.1. The topological polar surface area (TPSA) is 17.1 Å². The van der Waals surface area contributed by atoms with Gasteiger partial charge < -0.3 is 0 Å². The van der Waals surface area contributed by atoms with Crippen molar-refractivity contribution in [3.63, 3.8) is 0 Å². The van der Waals surface area contributed by atoms with Crippen LogP contribution in [-0.4, -0.2) is 5.78 Å². The van der Waals surface area contributed by atoms with Crippen LogP contribution >= 0.6 is 0 Å². The number of hydrogen-bond acceptors (Lipinski definition) is 1. The normalized spacial score (nSPS) is 11.2. The number of rotatable bonds is 5. The van der Waals surface area contributed by atoms with Crippen molar-refractivity contribution in [1.82, 2.24) is 0 Å². The molecular weight excluding hydrogens is 196 g/mol. The molecule has 0 spiro atoms. The average molecular weight is 216 g/mol. The van der Waals surface area contributed by atoms with E-state index >= 15 is 0 Å². The van der Waals surface area contributed by atoms with Gasteiger partial charge in [-0.25, -0.2) is 0 Å². The van der Waals surface area contributed by atoms with Crippen LogP contribution in [0.2, 0.25) is 0 Å². The largest absolute Gasteiger partial charge is 0.299 e. The van der Waals surface area contributed by atoms with Crippen molar-refractivity contribution in [2.24, 2.45) is 0 Å². The molecule has 0 aliphatic heterocycles. The zero-order valence-electron chi connectivity index (χ0n) is 10.4. The molecule has 0 aliphatic carbocycles. The second-order valence-electron chi connectivity index (χ2n) is 4.87. The van der Waals surface area contributed by atoms with Gasteiger partial charge in [0.1, 0.15) is 5.78 Å². The maximum Gasteiger partial charge on any atom is 0.143 e. The van der Waals surface area contributed by atoms with Gasteiger partial charge in [0.25, 0.3) is 0 Å². The summed E-state index contributed by atoms with van der Waals surface area (Å²) < 4.78 is 0. The molecule has 0 atom stereocenters. The second-order valence-corrected chi connectivity index (χ2v) is 4.87. The van der Waals surface area contributed by atoms with Crippen LogP contribution in [0.25, 0.3) is 0 Å². The summed E-state index contributed by atoms with van der Waals surface area (Å²) in [5, 5.41) is 0. The summed E-state index contributed by atoms with van der Waals surface area (Å²) >= 11 is 0. The molecular formula is C15H20O. The first-order valence-corrected chi connectivity index (χ1v) is 5.68. The molecule has 0 saturated heterocycles. The highest BCUT2D eigenvalue weighted by atomic mass is 16.1. The Balaban J connectivity index is 2.78. The van der Waals surface area contributed by atoms with Crippen molar-refractivity contribution >= 4 is 5.78 Å². The highest BCUT2D eigenvalue weighted by Gasteiger charge is 2.28. The molecule has 0 fully saturated rings. The molecule has 16 heavy (non-hydrogen) atoms. The van der Waals surface area contributed by atoms with Crippen molar-refractivity contribution in [1.29, 1.82) is 0 Å². The Morgan fingerprint density at radius 1 is 1.19 bits per heavy atom. The minimum absolute atomic E-state index is 0.279. The fourth-order valence-electron chi connectivity index (χ4n) is 1.66. The summed E-state index contributed by atoms with van der Waals surface area (Å²) in [6, 6.07) is 9.95. The number of hydrogen-bond donors (Lipinski definition) is 0. The lowest BCUT2D eigenvalue weighted by Crippen LogP contribution is -2.28. The van der Waals surface area contributed by atoms with Crippen LogP contribution in [0.15, 0.2) is 42.5 Å². The molecule has 1 aromatic carbocycles. The smallest absolute Gasteiger partial charge is 0.143 e. The Hall–Kier alpha value is -1.37. The third-order valence-corrected chi connectivity index (χ3v) is 2.97. The summed E-state index contributed by atoms with van der Waals surface area (Å²) in [6.45, 7) is 9.77. The summed E-state index contributed by atoms with van der Waals surface area (Å²) in [5.74, 6) is 0.279. The summed E-state index contributed by atoms with van der Waals surface area (Å²) in [6.07, 6.45) is 1.37. The molecule has 0 unspecified atom stereocenters. The van der Waals surface area contributed by atoms with E-state index in [2.05, 4.69) is 6.58 Å². The van der Waals surface area contributed by atoms with Gasteiger partial charge in [0.05, 0.1) is 0 Å². The number of ketones is 1. The van der Waals surface area contributed by atoms with E-state index in [0.717, 1.165) is 17.6 Å². The van der Waals surface area contributed by atoms with Gasteiger partial charge in [-0.15, -0.1) is 6.58 Å². The highest BCUT2D eigenvalue weighted by Crippen LogP contribution is 2.26. The van der Waals surface area contributed by atoms with Crippen LogP contribution in [-0.2, 0) is 10.2 Å². The Morgan fingerprint density at radius 2 is 1.75 bits per heavy atom. The van der Waals surface area contributed by atoms with Gasteiger partial charge in [-0.3, -0.25) is 4.79 Å². The first-order valence-electron chi connectivity index (χ1n) is 5.68. The predicted molar refractivity (Wildman–Crippen MR) is 68.5 cm³/mol. The van der Waals surface area contributed by atoms with Crippen molar-refractivity contribution < 1.29 is 4.79 Å². The van der Waals surface area contributed by atoms with Crippen LogP contribution < -0.4 is 0 Å². The molecule has 0 aromatic heterocycles. The van der Waals surface area contributed by atoms with Gasteiger partial charge in [-0.1, -0.05) is 35.9 Å². The monoisotopic (exact) mass is 216 g/mol. The first kappa shape index (κ1) is 12.7. The van der Waals surface area contributed by atoms with Gasteiger partial charge in [-0.2, -0.15) is 0 Å². The zero-order valence-corrected chi connectivity index (χ0v) is 10.4. The van der Waals surface area contributed by atoms with E-state index in [0.29, 0.717) is 6.42 Å². The van der Waals surface area contributed by atoms with Crippen molar-refractivity contribution in [3.8, 4) is 0 Å². The molecule has 0 radical (unpaired) electrons. The first-order chi connectivity index (χ1) is 7.44. The van der Waals surface area contributed by atoms with E-state index in [9.17, 15) is 4.79 Å². The molecule has 0 aliphatic rings. The van der Waals surface area contributed by atoms with Crippen molar-refractivity contribution in [2.75, 3.05) is 0 Å². The van der Waals surface area contributed by atoms with Gasteiger partial charge in [0.2, 0.25) is 0 Å². The van der Waals surface area contributed by atoms with Crippen LogP contribution in [0.1, 0.15) is 39.2 Å². The number of Topliss-reactive ketones (excluding diaryl/α,β-unsaturated/α-hetero) is 1. The third kappa shape index (κ3) is 3.06. The van der Waals surface area contributed by atoms with Gasteiger partial charge in [0.15, 0.2) is 0 Å². The second kappa shape index (κ2) is 5.11. The third-order valence-electron chi connectivity index (χ3n) is 2.97. The molecule has 1 aromatic rings. The molecule has 1 nitrogen and oxygen atoms in total. The lowest BCUT2D eigenvalue weighted by Gasteiger charge is -2.23. The maximum absolute atomic E-state index is 12.1. The van der Waals surface area contributed by atoms with Crippen LogP contribution in [0.4, 0.5) is 0 Å². The fourth-order valence-corrected chi connectivity index (χ4v) is 1.66. The summed E-state index contributed by atoms with van der Waals surface area (Å²) in [5.41, 5.74) is 1.76. The molecule has 0 N–H and O–H groups in total. The highest BCUT2D eigenvalue weighted by molar-refractivity contribution is 5.89. The summed E-state index contributed by atoms with van der Waals surface area (Å²) in [7, 11) is 0. The molecule has 0 amide bonds. The molecule has 0 heterocycles. The number of carbonyl (C=O) groups excluding carboxylic acids is 1. The molecule has 1 rings (SSSR count). The van der Waals surface area contributed by atoms with Crippen LogP contribution in [0.5, 0.6) is 0 Å². The predicted octanol–water partition coefficient (Wildman–Crippen LogP) is 3.89. The van der Waals surface area contributed by atoms with E-state index in [4.69, 9.17) is 0 Å². The summed E-state index contributed by atoms with van der Waals surface area (Å²) in [4.78, 5) is 12.1. The Morgan fingerprint density at radius 3 is 2.25 bits per heavy atom. The van der Waals surface area contributed by atoms with E-state index in [-0.39, 0.29) is 5.78 Å². The molecule has 86 valence electrons. The van der Waals surface area contributed by atoms with E-state index in [1.165, 1.54) is 0 Å². The van der Waals surface area contributed by atoms with E-state index in [1.54, 1.807) is 0 Å². The Kier molecular flexibility index (Phi) is 4.05. The lowest BCUT2D eigenvalue weighted by molar-refractivity contribution is -0.123. The molecule has 0 saturated carbocycles. The Labute approximate surface area is 98.2 Å². The Bertz CT molecular complexity index is 374. The number of benzene rings is 1. The van der Waals surface area contributed by atoms with Gasteiger partial charge in [0, 0.05) is 11.8 Å². The van der Waals surface area contributed by atoms with Crippen molar-refractivity contribution in [3.05, 3.63) is 48.0 Å². The van der Waals surface area contributed by atoms with Crippen LogP contribution in [0.3, 0.4) is 0 Å². The van der Waals surface area contributed by atoms with E-state index in [1.807, 2.05) is 51.1 Å². The standard InChI is InChI=1S/C15H20O/c1-12(2)10-11-14(16)15(3,4)13-8-6-5-7-9-13/h5-9H,1,10-11H2,2-4H3. The van der Waals surface area contributed by atoms with Crippen molar-refractivity contribution in [2.45, 2.75) is 39.0 Å². The van der Waals surface area contributed by atoms with E-state index < -0.39 is 5.41 Å². The SMILES string of the molecule is C=C(C)CCC(=O)C(C)(C)c1ccccc1. The zero-order chi connectivity index (χ0) is 12.2. The number of carbonyl (C=O) groups is 1. The van der Waals surface area contributed by atoms with Gasteiger partial charge in [-0.05, 0) is 32.8 Å². The van der Waals surface area contributed by atoms with Gasteiger partial charge >= 0.3 is 0 Å². The molecule has 1 heteroatoms. The number of allylic oxidation sites excluding steroid dienone is 1. The minimum Gasteiger partial charge on any atom is -0.299 e. The average Bonchev–Trinajstić information content (AvgIpc) is 2.27.